The topological polar surface area (TPSA) is 0 Å². The van der Waals surface area contributed by atoms with Crippen molar-refractivity contribution in [2.45, 2.75) is 65.2 Å². The largest absolute Gasteiger partial charge is 0.0905 e. The molecule has 24 heavy (non-hydrogen) atoms. The molecular weight excluding hydrogens is 288 g/mol. The molecule has 0 saturated heterocycles. The third-order valence-electron chi connectivity index (χ3n) is 5.92. The van der Waals surface area contributed by atoms with E-state index in [1.165, 1.54) is 46.2 Å². The summed E-state index contributed by atoms with van der Waals surface area (Å²) >= 11 is 0. The van der Waals surface area contributed by atoms with Crippen LogP contribution in [0.4, 0.5) is 0 Å². The summed E-state index contributed by atoms with van der Waals surface area (Å²) in [5.41, 5.74) is 9.81. The fraction of sp³-hybridized carbons (Fsp3) is 0.417. The van der Waals surface area contributed by atoms with Crippen molar-refractivity contribution in [2.24, 2.45) is 0 Å². The molecule has 0 amide bonds. The molecule has 1 aliphatic carbocycles. The molecule has 0 fully saturated rings. The number of fused-ring (bicyclic) bond motifs is 1. The Hall–Kier alpha value is -1.82. The van der Waals surface area contributed by atoms with Crippen molar-refractivity contribution in [3.63, 3.8) is 0 Å². The molecule has 0 heterocycles. The van der Waals surface area contributed by atoms with Crippen LogP contribution in [0.3, 0.4) is 0 Å². The number of benzene rings is 2. The maximum absolute atomic E-state index is 4.42. The van der Waals surface area contributed by atoms with Crippen molar-refractivity contribution in [3.8, 4) is 0 Å². The summed E-state index contributed by atoms with van der Waals surface area (Å²) in [5, 5.41) is 0. The fourth-order valence-corrected chi connectivity index (χ4v) is 3.96. The molecule has 1 aliphatic rings. The molecule has 126 valence electrons. The summed E-state index contributed by atoms with van der Waals surface area (Å²) in [6, 6.07) is 13.6. The van der Waals surface area contributed by atoms with E-state index < -0.39 is 0 Å². The summed E-state index contributed by atoms with van der Waals surface area (Å²) in [6.07, 6.45) is 2.50. The Morgan fingerprint density at radius 3 is 1.88 bits per heavy atom. The van der Waals surface area contributed by atoms with Gasteiger partial charge in [-0.3, -0.25) is 0 Å². The lowest BCUT2D eigenvalue weighted by molar-refractivity contribution is 0.331. The summed E-state index contributed by atoms with van der Waals surface area (Å²) in [5.74, 6) is 0. The van der Waals surface area contributed by atoms with Crippen molar-refractivity contribution in [3.05, 3.63) is 76.4 Å². The molecule has 2 aromatic rings. The van der Waals surface area contributed by atoms with Gasteiger partial charge >= 0.3 is 0 Å². The second-order valence-electron chi connectivity index (χ2n) is 8.83. The lowest BCUT2D eigenvalue weighted by atomic mass is 9.62. The van der Waals surface area contributed by atoms with E-state index in [9.17, 15) is 0 Å². The van der Waals surface area contributed by atoms with Gasteiger partial charge in [-0.15, -0.1) is 0 Å². The van der Waals surface area contributed by atoms with Gasteiger partial charge in [-0.05, 0) is 70.9 Å². The molecule has 0 radical (unpaired) electrons. The monoisotopic (exact) mass is 318 g/mol. The van der Waals surface area contributed by atoms with Crippen LogP contribution >= 0.6 is 0 Å². The predicted molar refractivity (Wildman–Crippen MR) is 106 cm³/mol. The van der Waals surface area contributed by atoms with Crippen molar-refractivity contribution < 1.29 is 0 Å². The van der Waals surface area contributed by atoms with Crippen LogP contribution in [0.5, 0.6) is 0 Å². The van der Waals surface area contributed by atoms with Gasteiger partial charge in [-0.2, -0.15) is 0 Å². The van der Waals surface area contributed by atoms with Gasteiger partial charge in [0.2, 0.25) is 0 Å². The van der Waals surface area contributed by atoms with Crippen LogP contribution in [0, 0.1) is 13.8 Å². The number of hydrogen-bond acceptors (Lipinski definition) is 0. The molecule has 0 aliphatic heterocycles. The van der Waals surface area contributed by atoms with Crippen LogP contribution in [0.2, 0.25) is 0 Å². The molecule has 3 rings (SSSR count). The Morgan fingerprint density at radius 1 is 0.833 bits per heavy atom. The second-order valence-corrected chi connectivity index (χ2v) is 8.83. The maximum Gasteiger partial charge on any atom is -0.0100 e. The molecule has 2 aromatic carbocycles. The van der Waals surface area contributed by atoms with Crippen LogP contribution in [0.25, 0.3) is 5.57 Å². The quantitative estimate of drug-likeness (QED) is 0.577. The molecule has 0 atom stereocenters. The maximum atomic E-state index is 4.42. The minimum Gasteiger partial charge on any atom is -0.0905 e. The van der Waals surface area contributed by atoms with Gasteiger partial charge in [0, 0.05) is 0 Å². The van der Waals surface area contributed by atoms with Gasteiger partial charge in [0.15, 0.2) is 0 Å². The van der Waals surface area contributed by atoms with Gasteiger partial charge < -0.3 is 0 Å². The standard InChI is InChI=1S/C24H30/c1-16-8-10-19(11-9-16)18(3)20-15-22-21(14-17(20)2)23(4,5)12-13-24(22,6)7/h8-11,14-15H,3,12-13H2,1-2,4-7H3. The van der Waals surface area contributed by atoms with E-state index in [1.807, 2.05) is 0 Å². The number of rotatable bonds is 2. The first-order valence-electron chi connectivity index (χ1n) is 9.04. The van der Waals surface area contributed by atoms with Gasteiger partial charge in [-0.25, -0.2) is 0 Å². The molecule has 0 heteroatoms. The fourth-order valence-electron chi connectivity index (χ4n) is 3.96. The van der Waals surface area contributed by atoms with Crippen LogP contribution in [-0.2, 0) is 10.8 Å². The highest BCUT2D eigenvalue weighted by Gasteiger charge is 2.37. The highest BCUT2D eigenvalue weighted by molar-refractivity contribution is 5.80. The molecule has 0 bridgehead atoms. The third kappa shape index (κ3) is 2.83. The average molecular weight is 319 g/mol. The lowest BCUT2D eigenvalue weighted by Crippen LogP contribution is -2.34. The highest BCUT2D eigenvalue weighted by atomic mass is 14.4. The first-order chi connectivity index (χ1) is 11.1. The SMILES string of the molecule is C=C(c1ccc(C)cc1)c1cc2c(cc1C)C(C)(C)CCC2(C)C. The molecule has 0 spiro atoms. The smallest absolute Gasteiger partial charge is 0.0100 e. The van der Waals surface area contributed by atoms with Gasteiger partial charge in [0.05, 0.1) is 0 Å². The summed E-state index contributed by atoms with van der Waals surface area (Å²) < 4.78 is 0. The minimum absolute atomic E-state index is 0.237. The number of aryl methyl sites for hydroxylation is 2. The van der Waals surface area contributed by atoms with Crippen LogP contribution in [-0.4, -0.2) is 0 Å². The van der Waals surface area contributed by atoms with E-state index in [-0.39, 0.29) is 10.8 Å². The summed E-state index contributed by atoms with van der Waals surface area (Å²) in [6.45, 7) is 18.3. The Labute approximate surface area is 147 Å². The predicted octanol–water partition coefficient (Wildman–Crippen LogP) is 6.71. The zero-order valence-corrected chi connectivity index (χ0v) is 16.1. The molecular formula is C24H30. The zero-order valence-electron chi connectivity index (χ0n) is 16.1. The third-order valence-corrected chi connectivity index (χ3v) is 5.92. The van der Waals surface area contributed by atoms with E-state index in [0.29, 0.717) is 0 Å². The minimum atomic E-state index is 0.237. The van der Waals surface area contributed by atoms with Crippen LogP contribution in [0.1, 0.15) is 73.9 Å². The van der Waals surface area contributed by atoms with E-state index >= 15 is 0 Å². The highest BCUT2D eigenvalue weighted by Crippen LogP contribution is 2.47. The Bertz CT molecular complexity index is 786. The van der Waals surface area contributed by atoms with Crippen molar-refractivity contribution in [1.82, 2.24) is 0 Å². The normalized spacial score (nSPS) is 18.1. The van der Waals surface area contributed by atoms with Crippen molar-refractivity contribution in [2.75, 3.05) is 0 Å². The van der Waals surface area contributed by atoms with E-state index in [4.69, 9.17) is 0 Å². The molecule has 0 unspecified atom stereocenters. The van der Waals surface area contributed by atoms with Gasteiger partial charge in [0.1, 0.15) is 0 Å². The van der Waals surface area contributed by atoms with Crippen LogP contribution < -0.4 is 0 Å². The summed E-state index contributed by atoms with van der Waals surface area (Å²) in [7, 11) is 0. The van der Waals surface area contributed by atoms with E-state index in [2.05, 4.69) is 84.5 Å². The van der Waals surface area contributed by atoms with Crippen LogP contribution in [0.15, 0.2) is 43.0 Å². The van der Waals surface area contributed by atoms with E-state index in [0.717, 1.165) is 5.57 Å². The second kappa shape index (κ2) is 5.62. The molecule has 0 N–H and O–H groups in total. The van der Waals surface area contributed by atoms with Gasteiger partial charge in [0.25, 0.3) is 0 Å². The van der Waals surface area contributed by atoms with Crippen molar-refractivity contribution in [1.29, 1.82) is 0 Å². The van der Waals surface area contributed by atoms with Gasteiger partial charge in [-0.1, -0.05) is 76.2 Å². The Kier molecular flexibility index (Phi) is 3.98. The zero-order chi connectivity index (χ0) is 17.7. The van der Waals surface area contributed by atoms with Crippen molar-refractivity contribution >= 4 is 5.57 Å². The lowest BCUT2D eigenvalue weighted by Gasteiger charge is -2.42. The average Bonchev–Trinajstić information content (AvgIpc) is 2.52. The first-order valence-corrected chi connectivity index (χ1v) is 9.04. The first kappa shape index (κ1) is 17.0. The van der Waals surface area contributed by atoms with E-state index in [1.54, 1.807) is 0 Å². The molecule has 0 saturated carbocycles. The summed E-state index contributed by atoms with van der Waals surface area (Å²) in [4.78, 5) is 0. The molecule has 0 nitrogen and oxygen atoms in total. The molecule has 0 aromatic heterocycles. The number of hydrogen-bond donors (Lipinski definition) is 0. The Balaban J connectivity index is 2.14. The Morgan fingerprint density at radius 2 is 1.33 bits per heavy atom.